The van der Waals surface area contributed by atoms with Gasteiger partial charge in [-0.2, -0.15) is 0 Å². The Morgan fingerprint density at radius 3 is 2.67 bits per heavy atom. The van der Waals surface area contributed by atoms with Gasteiger partial charge in [-0.25, -0.2) is 0 Å². The van der Waals surface area contributed by atoms with Gasteiger partial charge in [0.25, 0.3) is 0 Å². The number of allylic oxidation sites excluding steroid dienone is 2. The number of nitrogens with zero attached hydrogens (tertiary/aromatic N) is 1. The third kappa shape index (κ3) is 1.23. The minimum Gasteiger partial charge on any atom is -0.301 e. The SMILES string of the molecule is N[C@@]1(N=O)C=CC=CC1. The van der Waals surface area contributed by atoms with Crippen LogP contribution in [0.4, 0.5) is 0 Å². The highest BCUT2D eigenvalue weighted by Gasteiger charge is 2.21. The Balaban J connectivity index is 2.73. The van der Waals surface area contributed by atoms with Crippen LogP contribution in [0.5, 0.6) is 0 Å². The van der Waals surface area contributed by atoms with Crippen LogP contribution in [0, 0.1) is 4.91 Å². The molecule has 0 amide bonds. The molecule has 0 heterocycles. The minimum absolute atomic E-state index is 0.507. The summed E-state index contributed by atoms with van der Waals surface area (Å²) in [5, 5.41) is 2.77. The number of nitrogens with two attached hydrogens (primary N) is 1. The maximum absolute atomic E-state index is 10.0. The molecule has 0 spiro atoms. The fourth-order valence-electron chi connectivity index (χ4n) is 0.693. The van der Waals surface area contributed by atoms with E-state index in [1.807, 2.05) is 12.2 Å². The smallest absolute Gasteiger partial charge is 0.172 e. The highest BCUT2D eigenvalue weighted by Crippen LogP contribution is 2.14. The fourth-order valence-corrected chi connectivity index (χ4v) is 0.693. The lowest BCUT2D eigenvalue weighted by molar-refractivity contribution is 0.555. The molecule has 3 heteroatoms. The van der Waals surface area contributed by atoms with Gasteiger partial charge in [0.15, 0.2) is 5.66 Å². The molecule has 2 N–H and O–H groups in total. The second-order valence-corrected chi connectivity index (χ2v) is 2.07. The second kappa shape index (κ2) is 2.11. The van der Waals surface area contributed by atoms with E-state index >= 15 is 0 Å². The molecule has 9 heavy (non-hydrogen) atoms. The van der Waals surface area contributed by atoms with E-state index in [1.165, 1.54) is 0 Å². The van der Waals surface area contributed by atoms with Gasteiger partial charge in [0.1, 0.15) is 0 Å². The van der Waals surface area contributed by atoms with Gasteiger partial charge in [-0.05, 0) is 11.3 Å². The van der Waals surface area contributed by atoms with Crippen molar-refractivity contribution in [2.45, 2.75) is 12.1 Å². The van der Waals surface area contributed by atoms with Crippen molar-refractivity contribution in [2.75, 3.05) is 0 Å². The van der Waals surface area contributed by atoms with Crippen molar-refractivity contribution in [3.8, 4) is 0 Å². The van der Waals surface area contributed by atoms with Crippen LogP contribution in [0.15, 0.2) is 29.5 Å². The van der Waals surface area contributed by atoms with Crippen LogP contribution in [0.25, 0.3) is 0 Å². The van der Waals surface area contributed by atoms with Crippen LogP contribution < -0.4 is 5.73 Å². The summed E-state index contributed by atoms with van der Waals surface area (Å²) < 4.78 is 0. The predicted molar refractivity (Wildman–Crippen MR) is 35.6 cm³/mol. The first-order valence-corrected chi connectivity index (χ1v) is 2.75. The van der Waals surface area contributed by atoms with Crippen LogP contribution in [0.1, 0.15) is 6.42 Å². The molecule has 0 aromatic rings. The summed E-state index contributed by atoms with van der Waals surface area (Å²) >= 11 is 0. The third-order valence-corrected chi connectivity index (χ3v) is 1.25. The Kier molecular flexibility index (Phi) is 1.44. The topological polar surface area (TPSA) is 55.4 Å². The van der Waals surface area contributed by atoms with Crippen molar-refractivity contribution in [1.29, 1.82) is 0 Å². The first kappa shape index (κ1) is 6.16. The van der Waals surface area contributed by atoms with Crippen LogP contribution >= 0.6 is 0 Å². The largest absolute Gasteiger partial charge is 0.301 e. The molecule has 0 aliphatic heterocycles. The zero-order valence-electron chi connectivity index (χ0n) is 4.95. The predicted octanol–water partition coefficient (Wildman–Crippen LogP) is 0.924. The molecule has 0 aromatic heterocycles. The zero-order chi connectivity index (χ0) is 6.74. The molecule has 1 atom stereocenters. The first-order valence-electron chi connectivity index (χ1n) is 2.75. The summed E-state index contributed by atoms with van der Waals surface area (Å²) in [5.74, 6) is 0. The van der Waals surface area contributed by atoms with E-state index in [0.717, 1.165) is 0 Å². The van der Waals surface area contributed by atoms with Crippen molar-refractivity contribution in [3.05, 3.63) is 29.2 Å². The molecule has 1 aliphatic carbocycles. The molecule has 48 valence electrons. The lowest BCUT2D eigenvalue weighted by atomic mass is 10.0. The van der Waals surface area contributed by atoms with Gasteiger partial charge in [-0.1, -0.05) is 18.2 Å². The molecule has 0 radical (unpaired) electrons. The lowest BCUT2D eigenvalue weighted by Gasteiger charge is -2.15. The standard InChI is InChI=1S/C6H8N2O/c7-6(8-9)4-2-1-3-5-6/h1-4H,5,7H2/t6-/m1/s1. The van der Waals surface area contributed by atoms with Crippen molar-refractivity contribution in [1.82, 2.24) is 0 Å². The molecule has 0 unspecified atom stereocenters. The zero-order valence-corrected chi connectivity index (χ0v) is 4.95. The molecule has 1 rings (SSSR count). The molecule has 0 saturated carbocycles. The highest BCUT2D eigenvalue weighted by atomic mass is 16.3. The van der Waals surface area contributed by atoms with Crippen LogP contribution in [0.3, 0.4) is 0 Å². The molecule has 1 aliphatic rings. The van der Waals surface area contributed by atoms with Crippen molar-refractivity contribution >= 4 is 0 Å². The number of rotatable bonds is 1. The van der Waals surface area contributed by atoms with E-state index in [9.17, 15) is 4.91 Å². The Bertz CT molecular complexity index is 174. The van der Waals surface area contributed by atoms with E-state index in [1.54, 1.807) is 12.2 Å². The molecule has 3 nitrogen and oxygen atoms in total. The van der Waals surface area contributed by atoms with Crippen molar-refractivity contribution in [2.24, 2.45) is 10.9 Å². The van der Waals surface area contributed by atoms with E-state index in [-0.39, 0.29) is 0 Å². The summed E-state index contributed by atoms with van der Waals surface area (Å²) in [4.78, 5) is 10.0. The molecular weight excluding hydrogens is 116 g/mol. The maximum atomic E-state index is 10.0. The van der Waals surface area contributed by atoms with E-state index in [4.69, 9.17) is 5.73 Å². The molecular formula is C6H8N2O. The Morgan fingerprint density at radius 2 is 2.33 bits per heavy atom. The van der Waals surface area contributed by atoms with Gasteiger partial charge in [0.05, 0.1) is 0 Å². The van der Waals surface area contributed by atoms with Gasteiger partial charge in [0, 0.05) is 6.42 Å². The molecule has 0 saturated heterocycles. The maximum Gasteiger partial charge on any atom is 0.172 e. The quantitative estimate of drug-likeness (QED) is 0.528. The van der Waals surface area contributed by atoms with Crippen LogP contribution in [-0.4, -0.2) is 5.66 Å². The summed E-state index contributed by atoms with van der Waals surface area (Å²) in [6.45, 7) is 0. The number of nitroso groups, excluding NO2 is 1. The van der Waals surface area contributed by atoms with Crippen molar-refractivity contribution in [3.63, 3.8) is 0 Å². The summed E-state index contributed by atoms with van der Waals surface area (Å²) in [7, 11) is 0. The second-order valence-electron chi connectivity index (χ2n) is 2.07. The van der Waals surface area contributed by atoms with E-state index in [2.05, 4.69) is 5.18 Å². The van der Waals surface area contributed by atoms with Crippen molar-refractivity contribution < 1.29 is 0 Å². The Labute approximate surface area is 53.2 Å². The summed E-state index contributed by atoms with van der Waals surface area (Å²) in [6, 6.07) is 0. The molecule has 0 aromatic carbocycles. The fraction of sp³-hybridized carbons (Fsp3) is 0.333. The number of hydrogen-bond donors (Lipinski definition) is 1. The minimum atomic E-state index is -0.977. The third-order valence-electron chi connectivity index (χ3n) is 1.25. The van der Waals surface area contributed by atoms with Gasteiger partial charge < -0.3 is 5.73 Å². The summed E-state index contributed by atoms with van der Waals surface area (Å²) in [6.07, 6.45) is 7.50. The normalized spacial score (nSPS) is 32.6. The van der Waals surface area contributed by atoms with E-state index < -0.39 is 5.66 Å². The van der Waals surface area contributed by atoms with Crippen LogP contribution in [0.2, 0.25) is 0 Å². The first-order chi connectivity index (χ1) is 4.27. The van der Waals surface area contributed by atoms with E-state index in [0.29, 0.717) is 6.42 Å². The van der Waals surface area contributed by atoms with Gasteiger partial charge >= 0.3 is 0 Å². The molecule has 0 fully saturated rings. The Morgan fingerprint density at radius 1 is 1.56 bits per heavy atom. The van der Waals surface area contributed by atoms with Gasteiger partial charge in [-0.15, -0.1) is 4.91 Å². The van der Waals surface area contributed by atoms with Gasteiger partial charge in [0.2, 0.25) is 0 Å². The number of hydrogen-bond acceptors (Lipinski definition) is 3. The van der Waals surface area contributed by atoms with Crippen LogP contribution in [-0.2, 0) is 0 Å². The average Bonchev–Trinajstić information content (AvgIpc) is 1.90. The average molecular weight is 124 g/mol. The Hall–Kier alpha value is -0.960. The van der Waals surface area contributed by atoms with Gasteiger partial charge in [-0.3, -0.25) is 0 Å². The highest BCUT2D eigenvalue weighted by molar-refractivity contribution is 5.18. The monoisotopic (exact) mass is 124 g/mol. The lowest BCUT2D eigenvalue weighted by Crippen LogP contribution is -2.34. The summed E-state index contributed by atoms with van der Waals surface area (Å²) in [5.41, 5.74) is 4.46. The molecule has 0 bridgehead atoms.